The van der Waals surface area contributed by atoms with Crippen molar-refractivity contribution in [2.24, 2.45) is 0 Å². The van der Waals surface area contributed by atoms with E-state index in [2.05, 4.69) is 21.2 Å². The summed E-state index contributed by atoms with van der Waals surface area (Å²) in [5.41, 5.74) is -0.363. The lowest BCUT2D eigenvalue weighted by molar-refractivity contribution is -0.122. The lowest BCUT2D eigenvalue weighted by Gasteiger charge is -2.24. The van der Waals surface area contributed by atoms with Crippen LogP contribution in [0.2, 0.25) is 0 Å². The first-order valence-corrected chi connectivity index (χ1v) is 8.20. The van der Waals surface area contributed by atoms with Gasteiger partial charge in [-0.3, -0.25) is 4.79 Å². The molecule has 2 N–H and O–H groups in total. The monoisotopic (exact) mass is 377 g/mol. The first kappa shape index (κ1) is 17.5. The Morgan fingerprint density at radius 1 is 1.17 bits per heavy atom. The van der Waals surface area contributed by atoms with Gasteiger partial charge < -0.3 is 15.2 Å². The highest BCUT2D eigenvalue weighted by Crippen LogP contribution is 2.21. The van der Waals surface area contributed by atoms with Gasteiger partial charge in [-0.05, 0) is 36.8 Å². The van der Waals surface area contributed by atoms with Gasteiger partial charge in [0.1, 0.15) is 11.4 Å². The van der Waals surface area contributed by atoms with Gasteiger partial charge in [-0.25, -0.2) is 0 Å². The number of halogens is 1. The van der Waals surface area contributed by atoms with Gasteiger partial charge in [-0.1, -0.05) is 46.3 Å². The molecule has 2 rings (SSSR count). The van der Waals surface area contributed by atoms with E-state index in [-0.39, 0.29) is 18.9 Å². The topological polar surface area (TPSA) is 58.6 Å². The number of carbonyl (C=O) groups is 1. The van der Waals surface area contributed by atoms with Crippen LogP contribution in [0.5, 0.6) is 5.75 Å². The third kappa shape index (κ3) is 5.69. The molecule has 4 nitrogen and oxygen atoms in total. The van der Waals surface area contributed by atoms with Crippen LogP contribution in [0.3, 0.4) is 0 Å². The molecular formula is C18H20BrNO3. The molecule has 0 saturated carbocycles. The molecule has 0 aliphatic rings. The van der Waals surface area contributed by atoms with Crippen molar-refractivity contribution in [3.8, 4) is 5.75 Å². The van der Waals surface area contributed by atoms with E-state index in [9.17, 15) is 9.90 Å². The first-order chi connectivity index (χ1) is 11.0. The number of hydrogen-bond donors (Lipinski definition) is 2. The van der Waals surface area contributed by atoms with Crippen LogP contribution in [0.25, 0.3) is 0 Å². The number of nitrogens with one attached hydrogen (secondary N) is 1. The minimum absolute atomic E-state index is 0.152. The molecule has 0 aliphatic heterocycles. The molecule has 0 spiro atoms. The van der Waals surface area contributed by atoms with E-state index in [4.69, 9.17) is 4.74 Å². The van der Waals surface area contributed by atoms with Crippen molar-refractivity contribution in [2.45, 2.75) is 18.9 Å². The van der Waals surface area contributed by atoms with Crippen molar-refractivity contribution >= 4 is 21.8 Å². The van der Waals surface area contributed by atoms with E-state index < -0.39 is 5.60 Å². The van der Waals surface area contributed by atoms with Crippen LogP contribution in [0.15, 0.2) is 59.1 Å². The van der Waals surface area contributed by atoms with E-state index >= 15 is 0 Å². The quantitative estimate of drug-likeness (QED) is 0.778. The summed E-state index contributed by atoms with van der Waals surface area (Å²) in [7, 11) is 0. The fraction of sp³-hybridized carbons (Fsp3) is 0.278. The molecule has 23 heavy (non-hydrogen) atoms. The normalized spacial score (nSPS) is 13.2. The second-order valence-corrected chi connectivity index (χ2v) is 6.38. The summed E-state index contributed by atoms with van der Waals surface area (Å²) in [4.78, 5) is 11.9. The number of hydrogen-bond acceptors (Lipinski definition) is 3. The number of ether oxygens (including phenoxy) is 1. The number of benzene rings is 2. The van der Waals surface area contributed by atoms with Gasteiger partial charge in [0.15, 0.2) is 0 Å². The predicted octanol–water partition coefficient (Wildman–Crippen LogP) is 3.24. The van der Waals surface area contributed by atoms with E-state index in [0.717, 1.165) is 15.8 Å². The highest BCUT2D eigenvalue weighted by molar-refractivity contribution is 9.10. The lowest BCUT2D eigenvalue weighted by atomic mass is 9.96. The van der Waals surface area contributed by atoms with Crippen LogP contribution in [0, 0.1) is 0 Å². The van der Waals surface area contributed by atoms with Crippen LogP contribution >= 0.6 is 15.9 Å². The van der Waals surface area contributed by atoms with Crippen molar-refractivity contribution in [3.05, 3.63) is 64.6 Å². The Kier molecular flexibility index (Phi) is 6.19. The number of aliphatic hydroxyl groups is 1. The van der Waals surface area contributed by atoms with Crippen LogP contribution in [0.1, 0.15) is 18.9 Å². The van der Waals surface area contributed by atoms with Gasteiger partial charge in [0.25, 0.3) is 0 Å². The third-order valence-electron chi connectivity index (χ3n) is 3.44. The number of para-hydroxylation sites is 1. The minimum atomic E-state index is -1.11. The Hall–Kier alpha value is -1.85. The Balaban J connectivity index is 1.76. The van der Waals surface area contributed by atoms with Crippen molar-refractivity contribution in [1.82, 2.24) is 5.32 Å². The van der Waals surface area contributed by atoms with Gasteiger partial charge in [0.05, 0.1) is 19.6 Å². The molecule has 0 aromatic heterocycles. The molecule has 122 valence electrons. The average Bonchev–Trinajstić information content (AvgIpc) is 2.54. The minimum Gasteiger partial charge on any atom is -0.493 e. The summed E-state index contributed by atoms with van der Waals surface area (Å²) in [5.74, 6) is 0.584. The maximum absolute atomic E-state index is 11.9. The zero-order valence-electron chi connectivity index (χ0n) is 13.0. The molecule has 2 aromatic carbocycles. The summed E-state index contributed by atoms with van der Waals surface area (Å²) < 4.78 is 6.42. The summed E-state index contributed by atoms with van der Waals surface area (Å²) in [6, 6.07) is 16.7. The molecule has 1 atom stereocenters. The zero-order chi connectivity index (χ0) is 16.7. The van der Waals surface area contributed by atoms with Crippen LogP contribution in [-0.4, -0.2) is 24.2 Å². The van der Waals surface area contributed by atoms with Crippen LogP contribution < -0.4 is 10.1 Å². The smallest absolute Gasteiger partial charge is 0.223 e. The lowest BCUT2D eigenvalue weighted by Crippen LogP contribution is -2.39. The molecule has 0 saturated heterocycles. The van der Waals surface area contributed by atoms with Gasteiger partial charge in [-0.2, -0.15) is 0 Å². The summed E-state index contributed by atoms with van der Waals surface area (Å²) >= 11 is 3.36. The number of carbonyl (C=O) groups excluding carboxylic acids is 1. The van der Waals surface area contributed by atoms with Crippen molar-refractivity contribution < 1.29 is 14.6 Å². The molecule has 0 radical (unpaired) electrons. The molecule has 1 amide bonds. The highest BCUT2D eigenvalue weighted by Gasteiger charge is 2.23. The molecule has 5 heteroatoms. The number of rotatable bonds is 7. The second-order valence-electron chi connectivity index (χ2n) is 5.47. The molecule has 0 bridgehead atoms. The fourth-order valence-electron chi connectivity index (χ4n) is 2.05. The molecule has 0 aliphatic carbocycles. The Morgan fingerprint density at radius 3 is 2.48 bits per heavy atom. The SMILES string of the molecule is CC(O)(CNC(=O)CCOc1ccccc1)c1ccc(Br)cc1. The predicted molar refractivity (Wildman–Crippen MR) is 93.3 cm³/mol. The standard InChI is InChI=1S/C18H20BrNO3/c1-18(22,14-7-9-15(19)10-8-14)13-20-17(21)11-12-23-16-5-3-2-4-6-16/h2-10,22H,11-13H2,1H3,(H,20,21). The van der Waals surface area contributed by atoms with Crippen molar-refractivity contribution in [1.29, 1.82) is 0 Å². The van der Waals surface area contributed by atoms with Crippen molar-refractivity contribution in [3.63, 3.8) is 0 Å². The number of amides is 1. The molecule has 1 unspecified atom stereocenters. The largest absolute Gasteiger partial charge is 0.493 e. The van der Waals surface area contributed by atoms with Gasteiger partial charge in [0, 0.05) is 4.47 Å². The molecular weight excluding hydrogens is 358 g/mol. The summed E-state index contributed by atoms with van der Waals surface area (Å²) in [5, 5.41) is 13.2. The van der Waals surface area contributed by atoms with Crippen LogP contribution in [0.4, 0.5) is 0 Å². The summed E-state index contributed by atoms with van der Waals surface area (Å²) in [6.45, 7) is 2.13. The van der Waals surface area contributed by atoms with Gasteiger partial charge >= 0.3 is 0 Å². The van der Waals surface area contributed by atoms with Gasteiger partial charge in [-0.15, -0.1) is 0 Å². The maximum atomic E-state index is 11.9. The Bertz CT molecular complexity index is 626. The molecule has 2 aromatic rings. The van der Waals surface area contributed by atoms with E-state index in [0.29, 0.717) is 6.61 Å². The Labute approximate surface area is 144 Å². The highest BCUT2D eigenvalue weighted by atomic mass is 79.9. The van der Waals surface area contributed by atoms with Crippen molar-refractivity contribution in [2.75, 3.05) is 13.2 Å². The van der Waals surface area contributed by atoms with Gasteiger partial charge in [0.2, 0.25) is 5.91 Å². The average molecular weight is 378 g/mol. The zero-order valence-corrected chi connectivity index (χ0v) is 14.5. The van der Waals surface area contributed by atoms with E-state index in [1.54, 1.807) is 6.92 Å². The van der Waals surface area contributed by atoms with E-state index in [1.165, 1.54) is 0 Å². The maximum Gasteiger partial charge on any atom is 0.223 e. The third-order valence-corrected chi connectivity index (χ3v) is 3.97. The van der Waals surface area contributed by atoms with Crippen LogP contribution in [-0.2, 0) is 10.4 Å². The second kappa shape index (κ2) is 8.13. The summed E-state index contributed by atoms with van der Waals surface area (Å²) in [6.07, 6.45) is 0.241. The first-order valence-electron chi connectivity index (χ1n) is 7.40. The fourth-order valence-corrected chi connectivity index (χ4v) is 2.31. The molecule has 0 fully saturated rings. The molecule has 0 heterocycles. The van der Waals surface area contributed by atoms with E-state index in [1.807, 2.05) is 54.6 Å². The Morgan fingerprint density at radius 2 is 1.83 bits per heavy atom.